The van der Waals surface area contributed by atoms with E-state index in [4.69, 9.17) is 0 Å². The second-order valence-corrected chi connectivity index (χ2v) is 8.46. The van der Waals surface area contributed by atoms with Crippen molar-refractivity contribution < 1.29 is 18.0 Å². The molecule has 1 aromatic rings. The van der Waals surface area contributed by atoms with E-state index in [2.05, 4.69) is 4.99 Å². The maximum absolute atomic E-state index is 12.4. The Balaban J connectivity index is 1.89. The van der Waals surface area contributed by atoms with E-state index >= 15 is 0 Å². The van der Waals surface area contributed by atoms with Gasteiger partial charge < -0.3 is 0 Å². The Morgan fingerprint density at radius 3 is 2.29 bits per heavy atom. The van der Waals surface area contributed by atoms with E-state index in [1.54, 1.807) is 25.7 Å². The lowest BCUT2D eigenvalue weighted by Gasteiger charge is -2.19. The third-order valence-corrected chi connectivity index (χ3v) is 6.25. The molecule has 0 N–H and O–H groups in total. The quantitative estimate of drug-likeness (QED) is 0.804. The Kier molecular flexibility index (Phi) is 3.75. The van der Waals surface area contributed by atoms with Gasteiger partial charge in [0.2, 0.25) is 15.9 Å². The Hall–Kier alpha value is -2.22. The molecule has 0 aromatic heterocycles. The van der Waals surface area contributed by atoms with Crippen molar-refractivity contribution in [1.29, 1.82) is 0 Å². The van der Waals surface area contributed by atoms with E-state index < -0.39 is 21.3 Å². The maximum Gasteiger partial charge on any atom is 0.259 e. The first-order valence-electron chi connectivity index (χ1n) is 7.64. The molecule has 1 fully saturated rings. The minimum absolute atomic E-state index is 0.184. The molecule has 0 spiro atoms. The van der Waals surface area contributed by atoms with Crippen LogP contribution in [0.2, 0.25) is 0 Å². The van der Waals surface area contributed by atoms with Crippen molar-refractivity contribution in [3.63, 3.8) is 0 Å². The van der Waals surface area contributed by atoms with Crippen LogP contribution in [0.15, 0.2) is 29.3 Å². The Morgan fingerprint density at radius 2 is 1.83 bits per heavy atom. The van der Waals surface area contributed by atoms with Crippen LogP contribution in [0, 0.1) is 5.41 Å². The van der Waals surface area contributed by atoms with Crippen LogP contribution >= 0.6 is 0 Å². The van der Waals surface area contributed by atoms with Gasteiger partial charge in [0.1, 0.15) is 5.84 Å². The van der Waals surface area contributed by atoms with Crippen LogP contribution in [-0.2, 0) is 14.8 Å². The van der Waals surface area contributed by atoms with Crippen LogP contribution in [0.5, 0.6) is 0 Å². The lowest BCUT2D eigenvalue weighted by atomic mass is 9.95. The summed E-state index contributed by atoms with van der Waals surface area (Å²) in [5.41, 5.74) is -0.261. The highest BCUT2D eigenvalue weighted by molar-refractivity contribution is 7.94. The number of sulfonamides is 1. The predicted octanol–water partition coefficient (Wildman–Crippen LogP) is 1.26. The highest BCUT2D eigenvalue weighted by Gasteiger charge is 2.49. The first kappa shape index (κ1) is 16.6. The fourth-order valence-electron chi connectivity index (χ4n) is 2.96. The summed E-state index contributed by atoms with van der Waals surface area (Å²) in [6, 6.07) is 6.06. The van der Waals surface area contributed by atoms with Crippen LogP contribution in [0.1, 0.15) is 31.1 Å². The van der Waals surface area contributed by atoms with Gasteiger partial charge in [0, 0.05) is 12.1 Å². The van der Waals surface area contributed by atoms with Gasteiger partial charge in [-0.2, -0.15) is 0 Å². The van der Waals surface area contributed by atoms with Crippen molar-refractivity contribution in [3.05, 3.63) is 29.8 Å². The molecule has 7 nitrogen and oxygen atoms in total. The van der Waals surface area contributed by atoms with E-state index in [-0.39, 0.29) is 17.3 Å². The number of hydrogen-bond donors (Lipinski definition) is 0. The molecule has 8 heteroatoms. The first-order chi connectivity index (χ1) is 11.1. The minimum Gasteiger partial charge on any atom is -0.295 e. The van der Waals surface area contributed by atoms with Gasteiger partial charge in [-0.15, -0.1) is 0 Å². The van der Waals surface area contributed by atoms with Crippen molar-refractivity contribution in [1.82, 2.24) is 4.90 Å². The molecule has 0 aliphatic carbocycles. The first-order valence-corrected chi connectivity index (χ1v) is 9.25. The second-order valence-electron chi connectivity index (χ2n) is 6.64. The third-order valence-electron chi connectivity index (χ3n) is 4.23. The number of nitrogens with zero attached hydrogens (tertiary/aromatic N) is 3. The van der Waals surface area contributed by atoms with Crippen LogP contribution in [0.4, 0.5) is 5.69 Å². The van der Waals surface area contributed by atoms with E-state index in [1.807, 2.05) is 0 Å². The lowest BCUT2D eigenvalue weighted by molar-refractivity contribution is -0.123. The summed E-state index contributed by atoms with van der Waals surface area (Å²) < 4.78 is 25.4. The Labute approximate surface area is 141 Å². The van der Waals surface area contributed by atoms with E-state index in [0.717, 1.165) is 4.31 Å². The number of amides is 2. The summed E-state index contributed by atoms with van der Waals surface area (Å²) in [4.78, 5) is 30.6. The summed E-state index contributed by atoms with van der Waals surface area (Å²) in [6.45, 7) is 6.13. The molecule has 1 aromatic carbocycles. The largest absolute Gasteiger partial charge is 0.295 e. The topological polar surface area (TPSA) is 87.1 Å². The number of anilines is 1. The van der Waals surface area contributed by atoms with E-state index in [1.165, 1.54) is 24.3 Å². The molecule has 24 heavy (non-hydrogen) atoms. The zero-order valence-electron chi connectivity index (χ0n) is 13.8. The second kappa shape index (κ2) is 5.41. The summed E-state index contributed by atoms with van der Waals surface area (Å²) in [7, 11) is -3.69. The molecule has 3 rings (SSSR count). The summed E-state index contributed by atoms with van der Waals surface area (Å²) in [5, 5.41) is 0. The van der Waals surface area contributed by atoms with Gasteiger partial charge >= 0.3 is 0 Å². The number of carbonyl (C=O) groups is 2. The predicted molar refractivity (Wildman–Crippen MR) is 90.5 cm³/mol. The highest BCUT2D eigenvalue weighted by atomic mass is 32.2. The Morgan fingerprint density at radius 1 is 1.21 bits per heavy atom. The van der Waals surface area contributed by atoms with Crippen molar-refractivity contribution in [2.24, 2.45) is 10.4 Å². The van der Waals surface area contributed by atoms with Gasteiger partial charge in [0.25, 0.3) is 5.91 Å². The number of rotatable bonds is 2. The lowest BCUT2D eigenvalue weighted by Crippen LogP contribution is -2.34. The third kappa shape index (κ3) is 2.60. The molecule has 1 saturated heterocycles. The minimum atomic E-state index is -3.69. The summed E-state index contributed by atoms with van der Waals surface area (Å²) in [5.74, 6) is -0.188. The monoisotopic (exact) mass is 349 g/mol. The van der Waals surface area contributed by atoms with Crippen LogP contribution < -0.4 is 4.31 Å². The van der Waals surface area contributed by atoms with Crippen LogP contribution in [0.25, 0.3) is 0 Å². The normalized spacial score (nSPS) is 22.0. The van der Waals surface area contributed by atoms with E-state index in [9.17, 15) is 18.0 Å². The van der Waals surface area contributed by atoms with Gasteiger partial charge in [0.15, 0.2) is 0 Å². The summed E-state index contributed by atoms with van der Waals surface area (Å²) >= 11 is 0. The average Bonchev–Trinajstić information content (AvgIpc) is 2.98. The molecule has 2 amide bonds. The van der Waals surface area contributed by atoms with Crippen LogP contribution in [-0.4, -0.2) is 49.8 Å². The standard InChI is InChI=1S/C16H19N3O4S/c1-11-17-8-9-18(11)14(20)12-4-6-13(7-5-12)19-15(21)16(2,3)10-24(19,22)23/h4-7H,8-10H2,1-3H3. The fraction of sp³-hybridized carbons (Fsp3) is 0.438. The van der Waals surface area contributed by atoms with Gasteiger partial charge in [-0.05, 0) is 45.0 Å². The molecule has 0 radical (unpaired) electrons. The molecule has 2 aliphatic heterocycles. The molecular formula is C16H19N3O4S. The number of carbonyl (C=O) groups excluding carboxylic acids is 2. The summed E-state index contributed by atoms with van der Waals surface area (Å²) in [6.07, 6.45) is 0. The molecule has 2 aliphatic rings. The average molecular weight is 349 g/mol. The molecule has 0 bridgehead atoms. The van der Waals surface area contributed by atoms with Gasteiger partial charge in [0.05, 0.1) is 23.4 Å². The zero-order valence-corrected chi connectivity index (χ0v) is 14.6. The molecule has 2 heterocycles. The number of aliphatic imine (C=N–C) groups is 1. The SMILES string of the molecule is CC1=NCCN1C(=O)c1ccc(N2C(=O)C(C)(C)CS2(=O)=O)cc1. The van der Waals surface area contributed by atoms with Crippen LogP contribution in [0.3, 0.4) is 0 Å². The molecule has 0 unspecified atom stereocenters. The smallest absolute Gasteiger partial charge is 0.259 e. The number of benzene rings is 1. The maximum atomic E-state index is 12.4. The molecule has 0 saturated carbocycles. The fourth-order valence-corrected chi connectivity index (χ4v) is 5.07. The number of amidine groups is 1. The van der Waals surface area contributed by atoms with Crippen molar-refractivity contribution in [2.45, 2.75) is 20.8 Å². The number of hydrogen-bond acceptors (Lipinski definition) is 5. The van der Waals surface area contributed by atoms with Crippen molar-refractivity contribution in [2.75, 3.05) is 23.1 Å². The van der Waals surface area contributed by atoms with Crippen molar-refractivity contribution >= 4 is 33.4 Å². The van der Waals surface area contributed by atoms with E-state index in [0.29, 0.717) is 24.5 Å². The van der Waals surface area contributed by atoms with Gasteiger partial charge in [-0.3, -0.25) is 19.5 Å². The van der Waals surface area contributed by atoms with Crippen molar-refractivity contribution in [3.8, 4) is 0 Å². The zero-order chi connectivity index (χ0) is 17.7. The molecule has 128 valence electrons. The highest BCUT2D eigenvalue weighted by Crippen LogP contribution is 2.35. The molecule has 0 atom stereocenters. The Bertz CT molecular complexity index is 841. The van der Waals surface area contributed by atoms with Gasteiger partial charge in [-0.1, -0.05) is 0 Å². The molecular weight excluding hydrogens is 330 g/mol. The van der Waals surface area contributed by atoms with Gasteiger partial charge in [-0.25, -0.2) is 12.7 Å².